The van der Waals surface area contributed by atoms with Gasteiger partial charge in [0.25, 0.3) is 0 Å². The maximum atomic E-state index is 6.66. The van der Waals surface area contributed by atoms with Gasteiger partial charge in [-0.3, -0.25) is 0 Å². The number of fused-ring (bicyclic) bond motifs is 9. The van der Waals surface area contributed by atoms with Gasteiger partial charge in [0.15, 0.2) is 17.5 Å². The summed E-state index contributed by atoms with van der Waals surface area (Å²) in [4.78, 5) is 15.2. The van der Waals surface area contributed by atoms with E-state index in [1.807, 2.05) is 120 Å². The molecule has 6 nitrogen and oxygen atoms in total. The maximum absolute atomic E-state index is 6.66. The van der Waals surface area contributed by atoms with Crippen LogP contribution in [0.25, 0.3) is 106 Å². The first-order chi connectivity index (χ1) is 27.3. The number of para-hydroxylation sites is 3. The standard InChI is InChI=1S/C45H21B5N4O2/c46-37-38(47)40(49)42(41(50)39(37)48)54-31-10-4-1-7-25(31)26-16-13-22(19-32(26)54)43-51-44(23-14-17-29-27-8-2-5-11-33(27)55-35(29)20-23)53-45(52-43)24-15-18-30-28-9-3-6-12-34(28)56-36(30)21-24/h1-21H. The van der Waals surface area contributed by atoms with Crippen molar-refractivity contribution in [1.82, 2.24) is 19.5 Å². The minimum Gasteiger partial charge on any atom is -0.456 e. The molecule has 10 radical (unpaired) electrons. The highest BCUT2D eigenvalue weighted by atomic mass is 16.3. The van der Waals surface area contributed by atoms with Gasteiger partial charge in [-0.1, -0.05) is 89.8 Å². The molecule has 0 amide bonds. The number of hydrogen-bond donors (Lipinski definition) is 0. The van der Waals surface area contributed by atoms with E-state index in [1.54, 1.807) is 0 Å². The smallest absolute Gasteiger partial charge is 0.164 e. The maximum Gasteiger partial charge on any atom is 0.164 e. The largest absolute Gasteiger partial charge is 0.456 e. The fraction of sp³-hybridized carbons (Fsp3) is 0. The summed E-state index contributed by atoms with van der Waals surface area (Å²) in [5.41, 5.74) is 8.42. The Morgan fingerprint density at radius 3 is 1.29 bits per heavy atom. The Bertz CT molecular complexity index is 3300. The van der Waals surface area contributed by atoms with Gasteiger partial charge in [-0.05, 0) is 48.5 Å². The van der Waals surface area contributed by atoms with Gasteiger partial charge in [0.2, 0.25) is 0 Å². The van der Waals surface area contributed by atoms with E-state index >= 15 is 0 Å². The third kappa shape index (κ3) is 4.80. The normalized spacial score (nSPS) is 11.9. The third-order valence-electron chi connectivity index (χ3n) is 10.7. The van der Waals surface area contributed by atoms with Gasteiger partial charge in [-0.25, -0.2) is 15.0 Å². The number of aromatic nitrogens is 4. The van der Waals surface area contributed by atoms with Crippen molar-refractivity contribution in [3.05, 3.63) is 127 Å². The lowest BCUT2D eigenvalue weighted by Crippen LogP contribution is -2.56. The molecular weight excluding hydrogens is 683 g/mol. The number of hydrogen-bond acceptors (Lipinski definition) is 5. The molecule has 0 N–H and O–H groups in total. The van der Waals surface area contributed by atoms with E-state index in [-0.39, 0.29) is 27.3 Å². The van der Waals surface area contributed by atoms with Crippen molar-refractivity contribution in [2.24, 2.45) is 0 Å². The monoisotopic (exact) mass is 704 g/mol. The number of benzene rings is 7. The van der Waals surface area contributed by atoms with E-state index in [1.165, 1.54) is 0 Å². The molecular formula is C45H21B5N4O2. The van der Waals surface area contributed by atoms with Crippen LogP contribution in [0.4, 0.5) is 0 Å². The molecule has 0 atom stereocenters. The summed E-state index contributed by atoms with van der Waals surface area (Å²) in [5.74, 6) is 1.41. The molecule has 11 heteroatoms. The van der Waals surface area contributed by atoms with Gasteiger partial charge >= 0.3 is 0 Å². The van der Waals surface area contributed by atoms with E-state index in [2.05, 4.69) is 12.1 Å². The Morgan fingerprint density at radius 1 is 0.357 bits per heavy atom. The van der Waals surface area contributed by atoms with Gasteiger partial charge in [-0.2, -0.15) is 0 Å². The van der Waals surface area contributed by atoms with Crippen LogP contribution in [-0.4, -0.2) is 58.8 Å². The van der Waals surface area contributed by atoms with Crippen LogP contribution in [0, 0.1) is 0 Å². The molecule has 0 aliphatic rings. The lowest BCUT2D eigenvalue weighted by atomic mass is 9.61. The highest BCUT2D eigenvalue weighted by molar-refractivity contribution is 6.68. The Kier molecular flexibility index (Phi) is 7.08. The summed E-state index contributed by atoms with van der Waals surface area (Å²) >= 11 is 0. The SMILES string of the molecule is [B]c1c([B])c([B])c(-n2c3ccccc3c3ccc(-c4nc(-c5ccc6c(c5)oc5ccccc56)nc(-c5ccc6c(c5)oc5ccccc56)n4)cc32)c([B])c1[B]. The van der Waals surface area contributed by atoms with E-state index in [0.717, 1.165) is 82.4 Å². The lowest BCUT2D eigenvalue weighted by Gasteiger charge is -2.23. The summed E-state index contributed by atoms with van der Waals surface area (Å²) in [6.07, 6.45) is 0. The zero-order valence-electron chi connectivity index (χ0n) is 29.6. The molecule has 56 heavy (non-hydrogen) atoms. The Labute approximate surface area is 326 Å². The zero-order valence-corrected chi connectivity index (χ0v) is 29.6. The predicted octanol–water partition coefficient (Wildman–Crippen LogP) is 5.74. The van der Waals surface area contributed by atoms with Crippen LogP contribution in [-0.2, 0) is 0 Å². The third-order valence-corrected chi connectivity index (χ3v) is 10.7. The van der Waals surface area contributed by atoms with E-state index in [4.69, 9.17) is 63.0 Å². The van der Waals surface area contributed by atoms with Gasteiger partial charge in [0.05, 0.1) is 11.0 Å². The van der Waals surface area contributed by atoms with Crippen molar-refractivity contribution in [2.75, 3.05) is 0 Å². The summed E-state index contributed by atoms with van der Waals surface area (Å²) in [6.45, 7) is 0. The topological polar surface area (TPSA) is 69.9 Å². The quantitative estimate of drug-likeness (QED) is 0.219. The van der Waals surface area contributed by atoms with Gasteiger partial charge in [0.1, 0.15) is 61.6 Å². The molecule has 4 heterocycles. The molecule has 0 aliphatic heterocycles. The average Bonchev–Trinajstić information content (AvgIpc) is 3.91. The van der Waals surface area contributed by atoms with Crippen LogP contribution in [0.3, 0.4) is 0 Å². The van der Waals surface area contributed by atoms with Crippen LogP contribution in [0.1, 0.15) is 0 Å². The fourth-order valence-electron chi connectivity index (χ4n) is 7.92. The highest BCUT2D eigenvalue weighted by Gasteiger charge is 2.21. The number of rotatable bonds is 4. The summed E-state index contributed by atoms with van der Waals surface area (Å²) < 4.78 is 14.5. The highest BCUT2D eigenvalue weighted by Crippen LogP contribution is 2.37. The number of furan rings is 2. The molecule has 0 saturated carbocycles. The molecule has 0 spiro atoms. The minimum absolute atomic E-state index is 0.150. The van der Waals surface area contributed by atoms with Crippen molar-refractivity contribution >= 4 is 132 Å². The molecule has 0 saturated heterocycles. The molecule has 4 aromatic heterocycles. The van der Waals surface area contributed by atoms with E-state index in [9.17, 15) is 0 Å². The average molecular weight is 704 g/mol. The molecule has 11 aromatic rings. The van der Waals surface area contributed by atoms with Gasteiger partial charge in [-0.15, -0.1) is 16.4 Å². The van der Waals surface area contributed by atoms with Crippen molar-refractivity contribution in [3.8, 4) is 39.9 Å². The Hall–Kier alpha value is -6.73. The minimum atomic E-state index is 0.150. The lowest BCUT2D eigenvalue weighted by molar-refractivity contribution is 0.668. The van der Waals surface area contributed by atoms with Gasteiger partial charge < -0.3 is 13.4 Å². The molecule has 7 aromatic carbocycles. The molecule has 0 aliphatic carbocycles. The second-order valence-electron chi connectivity index (χ2n) is 13.9. The second-order valence-corrected chi connectivity index (χ2v) is 13.9. The van der Waals surface area contributed by atoms with Crippen molar-refractivity contribution in [2.45, 2.75) is 0 Å². The van der Waals surface area contributed by atoms with Crippen LogP contribution >= 0.6 is 0 Å². The van der Waals surface area contributed by atoms with E-state index in [0.29, 0.717) is 23.2 Å². The van der Waals surface area contributed by atoms with Crippen LogP contribution < -0.4 is 27.3 Å². The molecule has 11 rings (SSSR count). The fourth-order valence-corrected chi connectivity index (χ4v) is 7.92. The van der Waals surface area contributed by atoms with Crippen LogP contribution in [0.2, 0.25) is 0 Å². The predicted molar refractivity (Wildman–Crippen MR) is 232 cm³/mol. The molecule has 0 bridgehead atoms. The first-order valence-corrected chi connectivity index (χ1v) is 18.0. The van der Waals surface area contributed by atoms with E-state index < -0.39 is 0 Å². The molecule has 0 fully saturated rings. The van der Waals surface area contributed by atoms with Crippen LogP contribution in [0.15, 0.2) is 136 Å². The first kappa shape index (κ1) is 32.7. The van der Waals surface area contributed by atoms with Crippen LogP contribution in [0.5, 0.6) is 0 Å². The zero-order chi connectivity index (χ0) is 37.8. The molecule has 248 valence electrons. The van der Waals surface area contributed by atoms with Crippen molar-refractivity contribution in [3.63, 3.8) is 0 Å². The van der Waals surface area contributed by atoms with Gasteiger partial charge in [0, 0.05) is 54.7 Å². The summed E-state index contributed by atoms with van der Waals surface area (Å²) in [7, 11) is 32.3. The number of nitrogens with zero attached hydrogens (tertiary/aromatic N) is 4. The second kappa shape index (κ2) is 12.1. The van der Waals surface area contributed by atoms with Crippen molar-refractivity contribution in [1.29, 1.82) is 0 Å². The summed E-state index contributed by atoms with van der Waals surface area (Å²) in [5, 5.41) is 6.04. The first-order valence-electron chi connectivity index (χ1n) is 18.0. The Balaban J connectivity index is 1.16. The molecule has 0 unspecified atom stereocenters. The summed E-state index contributed by atoms with van der Waals surface area (Å²) in [6, 6.07) is 42.1. The Morgan fingerprint density at radius 2 is 0.750 bits per heavy atom. The van der Waals surface area contributed by atoms with Crippen molar-refractivity contribution < 1.29 is 8.83 Å².